The van der Waals surface area contributed by atoms with Crippen LogP contribution in [0, 0.1) is 29.1 Å². The van der Waals surface area contributed by atoms with E-state index in [-0.39, 0.29) is 95.9 Å². The standard InChI is InChI=1S/C18H30NO6P.C17H23F5NO6P.C13H19NO2.C11H24NO6P.C5H11O4P.CH4O.CH4/c1-4-14-24-26(21,22)25-15-13-19(2,3)12-8-11-18(20)23-16-17-9-6-5-7-10-17;1-4-9-27-30(25,26)28-10-8-23(2,3)7-5-6-11(24)29-17-15(21)13(19)12(18)14(20)16(17)22;1-14(2)10-6-9-13(15)16-11-12-7-4-3-5-8-12;1-4-9-17-19(15,16)18-10-8-12(2,3)7-5-6-11(13)14;1-2-3-7-10(6)8-4-5-9-10;1-2;/h5-7,9-10H,4,8,11-16H2,1-3H3;4-10H2,1-3H3;3-5,7-8H,6,9-11H2,1-2H3;4-10H2,1-3H3,(H-,13,14,15,16);2-5H2,1H3;2H,1H3;1H4. The van der Waals surface area contributed by atoms with Gasteiger partial charge in [0.15, 0.2) is 0 Å². The number of likely N-dealkylation sites (N-methyl/N-ethyl adjacent to an activating group) is 3. The van der Waals surface area contributed by atoms with Crippen molar-refractivity contribution in [3.8, 4) is 5.75 Å². The monoisotopic (exact) mass is 1580 g/mol. The van der Waals surface area contributed by atoms with Crippen molar-refractivity contribution in [2.75, 3.05) is 169 Å². The summed E-state index contributed by atoms with van der Waals surface area (Å²) in [5.41, 5.74) is 1.99. The molecule has 0 amide bonds. The van der Waals surface area contributed by atoms with Crippen molar-refractivity contribution < 1.29 is 153 Å². The first-order valence-electron chi connectivity index (χ1n) is 33.4. The first kappa shape index (κ1) is 104. The van der Waals surface area contributed by atoms with Crippen LogP contribution in [0.4, 0.5) is 22.0 Å². The fourth-order valence-corrected chi connectivity index (χ4v) is 11.4. The van der Waals surface area contributed by atoms with E-state index in [1.807, 2.05) is 124 Å². The van der Waals surface area contributed by atoms with Gasteiger partial charge in [-0.2, -0.15) is 8.78 Å². The van der Waals surface area contributed by atoms with Crippen molar-refractivity contribution >= 4 is 55.2 Å². The number of ether oxygens (including phenoxy) is 3. The summed E-state index contributed by atoms with van der Waals surface area (Å²) in [6.45, 7) is 13.1. The van der Waals surface area contributed by atoms with E-state index in [0.29, 0.717) is 113 Å². The molecule has 0 aliphatic carbocycles. The van der Waals surface area contributed by atoms with Crippen molar-refractivity contribution in [2.24, 2.45) is 0 Å². The van der Waals surface area contributed by atoms with Gasteiger partial charge in [-0.25, -0.2) is 17.7 Å². The Morgan fingerprint density at radius 3 is 1.12 bits per heavy atom. The summed E-state index contributed by atoms with van der Waals surface area (Å²) in [7, 11) is 0.246. The van der Waals surface area contributed by atoms with Gasteiger partial charge in [0, 0.05) is 32.8 Å². The highest BCUT2D eigenvalue weighted by Gasteiger charge is 2.32. The summed E-state index contributed by atoms with van der Waals surface area (Å²) >= 11 is 0. The molecule has 1 heterocycles. The van der Waals surface area contributed by atoms with Gasteiger partial charge in [0.2, 0.25) is 34.8 Å². The number of aliphatic hydroxyl groups excluding tert-OH is 1. The molecule has 604 valence electrons. The number of phosphoric ester groups is 4. The van der Waals surface area contributed by atoms with Crippen LogP contribution in [0.3, 0.4) is 0 Å². The van der Waals surface area contributed by atoms with Crippen LogP contribution in [0.5, 0.6) is 5.75 Å². The number of phosphoric acid groups is 4. The Balaban J connectivity index is -0.00000126. The molecule has 4 rings (SSSR count). The Labute approximate surface area is 611 Å². The normalized spacial score (nSPS) is 14.2. The van der Waals surface area contributed by atoms with Crippen molar-refractivity contribution in [1.29, 1.82) is 0 Å². The Hall–Kier alpha value is -4.57. The third-order valence-corrected chi connectivity index (χ3v) is 18.0. The SMILES string of the molecule is C.CCCOP(=O)([O-])OCC[N+](C)(C)CCCC(=O)O.CCCOP(=O)([O-])OCC[N+](C)(C)CCCC(=O)OCc1ccccc1.CCCOP(=O)([O-])OCC[N+](C)(C)CCCC(=O)Oc1c(F)c(F)c(F)c(F)c1F.CCCOP1(=O)OCCO1.CN(C)CCCC(=O)OCc1ccccc1.CO. The van der Waals surface area contributed by atoms with Gasteiger partial charge in [-0.15, -0.1) is 0 Å². The molecule has 29 nitrogen and oxygen atoms in total. The molecule has 104 heavy (non-hydrogen) atoms. The number of carbonyl (C=O) groups excluding carboxylic acids is 3. The number of hydrogen-bond donors (Lipinski definition) is 2. The summed E-state index contributed by atoms with van der Waals surface area (Å²) in [6, 6.07) is 19.3. The van der Waals surface area contributed by atoms with E-state index < -0.39 is 78.1 Å². The van der Waals surface area contributed by atoms with E-state index in [0.717, 1.165) is 37.6 Å². The van der Waals surface area contributed by atoms with Crippen molar-refractivity contribution in [2.45, 2.75) is 125 Å². The Morgan fingerprint density at radius 2 is 0.798 bits per heavy atom. The number of quaternary nitrogens is 3. The van der Waals surface area contributed by atoms with E-state index in [1.54, 1.807) is 21.0 Å². The second-order valence-corrected chi connectivity index (χ2v) is 30.6. The summed E-state index contributed by atoms with van der Waals surface area (Å²) in [5.74, 6) is -15.3. The quantitative estimate of drug-likeness (QED) is 0.0101. The van der Waals surface area contributed by atoms with Crippen molar-refractivity contribution in [1.82, 2.24) is 4.90 Å². The molecule has 1 fully saturated rings. The molecule has 3 atom stereocenters. The molecular weight excluding hydrogens is 1470 g/mol. The molecule has 2 N–H and O–H groups in total. The van der Waals surface area contributed by atoms with Crippen LogP contribution in [0.25, 0.3) is 0 Å². The number of rotatable bonds is 45. The number of carbonyl (C=O) groups is 4. The maximum absolute atomic E-state index is 13.5. The van der Waals surface area contributed by atoms with Gasteiger partial charge in [0.05, 0.1) is 121 Å². The fraction of sp³-hybridized carbons (Fsp3) is 0.667. The van der Waals surface area contributed by atoms with Crippen LogP contribution < -0.4 is 19.4 Å². The van der Waals surface area contributed by atoms with Crippen LogP contribution in [-0.2, 0) is 101 Å². The van der Waals surface area contributed by atoms with E-state index in [2.05, 4.69) is 23.2 Å². The van der Waals surface area contributed by atoms with Crippen LogP contribution in [0.15, 0.2) is 60.7 Å². The molecule has 0 radical (unpaired) electrons. The van der Waals surface area contributed by atoms with E-state index in [1.165, 1.54) is 0 Å². The first-order chi connectivity index (χ1) is 48.2. The number of aliphatic carboxylic acids is 1. The summed E-state index contributed by atoms with van der Waals surface area (Å²) < 4.78 is 170. The van der Waals surface area contributed by atoms with Crippen molar-refractivity contribution in [3.63, 3.8) is 0 Å². The van der Waals surface area contributed by atoms with Crippen molar-refractivity contribution in [3.05, 3.63) is 101 Å². The molecule has 1 aliphatic rings. The first-order valence-corrected chi connectivity index (χ1v) is 39.3. The Kier molecular flexibility index (Phi) is 56.4. The van der Waals surface area contributed by atoms with Gasteiger partial charge in [0.25, 0.3) is 23.5 Å². The number of esters is 3. The minimum Gasteiger partial charge on any atom is -0.756 e. The highest BCUT2D eigenvalue weighted by Crippen LogP contribution is 2.52. The lowest BCUT2D eigenvalue weighted by Gasteiger charge is -2.31. The molecule has 38 heteroatoms. The summed E-state index contributed by atoms with van der Waals surface area (Å²) in [5, 5.41) is 15.5. The Bertz CT molecular complexity index is 3010. The molecule has 0 aromatic heterocycles. The number of benzene rings is 3. The summed E-state index contributed by atoms with van der Waals surface area (Å²) in [6.07, 6.45) is 5.26. The van der Waals surface area contributed by atoms with Gasteiger partial charge < -0.3 is 84.6 Å². The molecule has 1 saturated heterocycles. The molecular formula is C66H115F5N4O25P4. The third kappa shape index (κ3) is 54.1. The maximum Gasteiger partial charge on any atom is 0.474 e. The lowest BCUT2D eigenvalue weighted by atomic mass is 10.2. The second kappa shape index (κ2) is 56.6. The molecule has 0 saturated carbocycles. The number of carboxylic acid groups (broad SMARTS) is 1. The molecule has 3 unspecified atom stereocenters. The average molecular weight is 1580 g/mol. The van der Waals surface area contributed by atoms with E-state index in [9.17, 15) is 74.1 Å². The molecule has 3 aromatic rings. The zero-order chi connectivity index (χ0) is 78.8. The maximum atomic E-state index is 13.5. The largest absolute Gasteiger partial charge is 0.756 e. The number of nitrogens with zero attached hydrogens (tertiary/aromatic N) is 4. The van der Waals surface area contributed by atoms with E-state index >= 15 is 0 Å². The molecule has 1 aliphatic heterocycles. The topological polar surface area (TPSA) is 360 Å². The number of hydrogen-bond acceptors (Lipinski definition) is 25. The average Bonchev–Trinajstić information content (AvgIpc) is 1.08. The predicted molar refractivity (Wildman–Crippen MR) is 373 cm³/mol. The number of aliphatic hydroxyl groups is 1. The van der Waals surface area contributed by atoms with Crippen LogP contribution >= 0.6 is 31.3 Å². The number of carboxylic acids is 1. The van der Waals surface area contributed by atoms with Gasteiger partial charge in [-0.1, -0.05) is 95.8 Å². The minimum absolute atomic E-state index is 0. The molecule has 3 aromatic carbocycles. The van der Waals surface area contributed by atoms with Gasteiger partial charge in [-0.3, -0.25) is 46.4 Å². The van der Waals surface area contributed by atoms with E-state index in [4.69, 9.17) is 46.8 Å². The zero-order valence-corrected chi connectivity index (χ0v) is 65.3. The van der Waals surface area contributed by atoms with Gasteiger partial charge in [-0.05, 0) is 63.9 Å². The van der Waals surface area contributed by atoms with Gasteiger partial charge >= 0.3 is 31.7 Å². The smallest absolute Gasteiger partial charge is 0.474 e. The molecule has 0 bridgehead atoms. The van der Waals surface area contributed by atoms with Crippen LogP contribution in [0.1, 0.15) is 123 Å². The Morgan fingerprint density at radius 1 is 0.490 bits per heavy atom. The number of halogens is 5. The lowest BCUT2D eigenvalue weighted by molar-refractivity contribution is -0.890. The fourth-order valence-electron chi connectivity index (χ4n) is 7.83. The minimum atomic E-state index is -4.39. The highest BCUT2D eigenvalue weighted by atomic mass is 31.2. The summed E-state index contributed by atoms with van der Waals surface area (Å²) in [4.78, 5) is 81.6. The second-order valence-electron chi connectivity index (χ2n) is 24.7. The predicted octanol–water partition coefficient (Wildman–Crippen LogP) is 10.3. The van der Waals surface area contributed by atoms with Gasteiger partial charge in [0.1, 0.15) is 52.7 Å². The molecule has 0 spiro atoms. The van der Waals surface area contributed by atoms with Crippen LogP contribution in [-0.4, -0.2) is 221 Å². The zero-order valence-electron chi connectivity index (χ0n) is 61.7. The lowest BCUT2D eigenvalue weighted by Crippen LogP contribution is -2.43. The highest BCUT2D eigenvalue weighted by molar-refractivity contribution is 7.48. The van der Waals surface area contributed by atoms with Crippen LogP contribution in [0.2, 0.25) is 0 Å². The third-order valence-electron chi connectivity index (χ3n) is 13.5.